The maximum atomic E-state index is 12.1. The molecule has 0 aromatic heterocycles. The molecule has 1 atom stereocenters. The highest BCUT2D eigenvalue weighted by Gasteiger charge is 2.38. The van der Waals surface area contributed by atoms with Crippen molar-refractivity contribution in [2.45, 2.75) is 18.6 Å². The first-order chi connectivity index (χ1) is 11.5. The first-order valence-corrected chi connectivity index (χ1v) is 7.24. The van der Waals surface area contributed by atoms with Crippen LogP contribution >= 0.6 is 0 Å². The molecule has 1 unspecified atom stereocenters. The zero-order chi connectivity index (χ0) is 17.6. The van der Waals surface area contributed by atoms with Crippen molar-refractivity contribution in [1.82, 2.24) is 0 Å². The number of aliphatic hydroxyl groups is 1. The number of hydrogen-bond donors (Lipinski definition) is 2. The Labute approximate surface area is 139 Å². The summed E-state index contributed by atoms with van der Waals surface area (Å²) in [5, 5.41) is 18.5. The van der Waals surface area contributed by atoms with Gasteiger partial charge in [0.15, 0.2) is 0 Å². The lowest BCUT2D eigenvalue weighted by atomic mass is 9.86. The van der Waals surface area contributed by atoms with Gasteiger partial charge in [-0.3, -0.25) is 0 Å². The third-order valence-electron chi connectivity index (χ3n) is 3.30. The van der Waals surface area contributed by atoms with Gasteiger partial charge < -0.3 is 14.9 Å². The van der Waals surface area contributed by atoms with Gasteiger partial charge in [-0.2, -0.15) is 0 Å². The van der Waals surface area contributed by atoms with Crippen molar-refractivity contribution in [3.05, 3.63) is 71.8 Å². The Hall–Kier alpha value is -3.10. The quantitative estimate of drug-likeness (QED) is 0.663. The fraction of sp³-hybridized carbons (Fsp3) is 0.158. The second-order valence-electron chi connectivity index (χ2n) is 5.07. The smallest absolute Gasteiger partial charge is 0.382 e. The van der Waals surface area contributed by atoms with Crippen LogP contribution in [0.25, 0.3) is 0 Å². The van der Waals surface area contributed by atoms with Gasteiger partial charge in [0, 0.05) is 17.0 Å². The topological polar surface area (TPSA) is 83.8 Å². The van der Waals surface area contributed by atoms with Crippen molar-refractivity contribution in [2.75, 3.05) is 0 Å². The standard InChI is InChI=1S/C19H16O5/c1-14(20)18(23)24-19(13-12-17(21)22,15-8-4-2-5-9-15)16-10-6-3-7-11-16/h2-11,14,20H,1H3,(H,21,22). The maximum Gasteiger partial charge on any atom is 0.382 e. The number of aliphatic hydroxyl groups excluding tert-OH is 1. The Morgan fingerprint density at radius 2 is 1.46 bits per heavy atom. The average molecular weight is 324 g/mol. The highest BCUT2D eigenvalue weighted by molar-refractivity contribution is 5.87. The molecule has 0 amide bonds. The number of ether oxygens (including phenoxy) is 1. The molecule has 2 rings (SSSR count). The van der Waals surface area contributed by atoms with Crippen LogP contribution in [-0.2, 0) is 19.9 Å². The van der Waals surface area contributed by atoms with Crippen molar-refractivity contribution >= 4 is 11.9 Å². The largest absolute Gasteiger partial charge is 0.472 e. The van der Waals surface area contributed by atoms with E-state index in [0.29, 0.717) is 11.1 Å². The molecule has 122 valence electrons. The normalized spacial score (nSPS) is 11.8. The van der Waals surface area contributed by atoms with Crippen molar-refractivity contribution in [3.63, 3.8) is 0 Å². The highest BCUT2D eigenvalue weighted by Crippen LogP contribution is 2.33. The average Bonchev–Trinajstić information content (AvgIpc) is 2.59. The van der Waals surface area contributed by atoms with Gasteiger partial charge in [0.05, 0.1) is 0 Å². The van der Waals surface area contributed by atoms with E-state index in [-0.39, 0.29) is 0 Å². The molecule has 0 saturated carbocycles. The summed E-state index contributed by atoms with van der Waals surface area (Å²) in [5.74, 6) is 2.33. The Bertz CT molecular complexity index is 730. The Balaban J connectivity index is 2.71. The number of benzene rings is 2. The number of rotatable bonds is 4. The van der Waals surface area contributed by atoms with Crippen LogP contribution in [0.3, 0.4) is 0 Å². The van der Waals surface area contributed by atoms with Gasteiger partial charge >= 0.3 is 11.9 Å². The highest BCUT2D eigenvalue weighted by atomic mass is 16.6. The molecule has 0 aliphatic heterocycles. The molecule has 0 heterocycles. The molecule has 5 nitrogen and oxygen atoms in total. The summed E-state index contributed by atoms with van der Waals surface area (Å²) in [6, 6.07) is 17.2. The number of aliphatic carboxylic acids is 1. The minimum absolute atomic E-state index is 0.485. The molecule has 0 saturated heterocycles. The zero-order valence-electron chi connectivity index (χ0n) is 13.0. The van der Waals surface area contributed by atoms with E-state index < -0.39 is 23.6 Å². The Kier molecular flexibility index (Phi) is 5.35. The molecular formula is C19H16O5. The monoisotopic (exact) mass is 324 g/mol. The van der Waals surface area contributed by atoms with Crippen LogP contribution in [0.4, 0.5) is 0 Å². The lowest BCUT2D eigenvalue weighted by Gasteiger charge is -2.30. The first kappa shape index (κ1) is 17.3. The van der Waals surface area contributed by atoms with Crippen LogP contribution in [0.1, 0.15) is 18.1 Å². The third-order valence-corrected chi connectivity index (χ3v) is 3.30. The van der Waals surface area contributed by atoms with E-state index in [0.717, 1.165) is 0 Å². The third kappa shape index (κ3) is 3.80. The van der Waals surface area contributed by atoms with E-state index in [1.807, 2.05) is 5.92 Å². The Morgan fingerprint density at radius 3 is 1.83 bits per heavy atom. The van der Waals surface area contributed by atoms with Gasteiger partial charge in [-0.25, -0.2) is 9.59 Å². The molecule has 0 bridgehead atoms. The number of carbonyl (C=O) groups is 2. The molecular weight excluding hydrogens is 308 g/mol. The summed E-state index contributed by atoms with van der Waals surface area (Å²) < 4.78 is 5.50. The van der Waals surface area contributed by atoms with Crippen molar-refractivity contribution in [2.24, 2.45) is 0 Å². The lowest BCUT2D eigenvalue weighted by molar-refractivity contribution is -0.161. The van der Waals surface area contributed by atoms with Crippen LogP contribution in [0, 0.1) is 11.8 Å². The van der Waals surface area contributed by atoms with E-state index in [1.54, 1.807) is 60.7 Å². The number of hydrogen-bond acceptors (Lipinski definition) is 4. The predicted octanol–water partition coefficient (Wildman–Crippen LogP) is 1.94. The molecule has 0 aliphatic carbocycles. The minimum Gasteiger partial charge on any atom is -0.472 e. The van der Waals surface area contributed by atoms with Crippen LogP contribution < -0.4 is 0 Å². The van der Waals surface area contributed by atoms with E-state index >= 15 is 0 Å². The van der Waals surface area contributed by atoms with Gasteiger partial charge in [-0.05, 0) is 12.8 Å². The van der Waals surface area contributed by atoms with E-state index in [9.17, 15) is 14.7 Å². The second kappa shape index (κ2) is 7.44. The lowest BCUT2D eigenvalue weighted by Crippen LogP contribution is -2.36. The molecule has 24 heavy (non-hydrogen) atoms. The number of carbonyl (C=O) groups excluding carboxylic acids is 1. The maximum absolute atomic E-state index is 12.1. The number of carboxylic acid groups (broad SMARTS) is 1. The molecule has 0 aliphatic rings. The zero-order valence-corrected chi connectivity index (χ0v) is 13.0. The van der Waals surface area contributed by atoms with Gasteiger partial charge in [0.2, 0.25) is 5.60 Å². The molecule has 0 fully saturated rings. The molecule has 0 radical (unpaired) electrons. The molecule has 2 aromatic rings. The summed E-state index contributed by atoms with van der Waals surface area (Å²) in [4.78, 5) is 23.0. The molecule has 0 spiro atoms. The van der Waals surface area contributed by atoms with Crippen molar-refractivity contribution in [3.8, 4) is 11.8 Å². The van der Waals surface area contributed by atoms with Crippen LogP contribution in [-0.4, -0.2) is 28.3 Å². The minimum atomic E-state index is -1.63. The molecule has 2 N–H and O–H groups in total. The second-order valence-corrected chi connectivity index (χ2v) is 5.07. The Morgan fingerprint density at radius 1 is 1.00 bits per heavy atom. The van der Waals surface area contributed by atoms with Crippen molar-refractivity contribution in [1.29, 1.82) is 0 Å². The summed E-state index contributed by atoms with van der Waals surface area (Å²) in [5.41, 5.74) is -0.660. The van der Waals surface area contributed by atoms with E-state index in [1.165, 1.54) is 6.92 Å². The predicted molar refractivity (Wildman–Crippen MR) is 86.8 cm³/mol. The summed E-state index contributed by atoms with van der Waals surface area (Å²) in [7, 11) is 0. The van der Waals surface area contributed by atoms with Gasteiger partial charge in [0.25, 0.3) is 0 Å². The SMILES string of the molecule is CC(O)C(=O)OC(C#CC(=O)O)(c1ccccc1)c1ccccc1. The summed E-state index contributed by atoms with van der Waals surface area (Å²) >= 11 is 0. The molecule has 5 heteroatoms. The van der Waals surface area contributed by atoms with Crippen molar-refractivity contribution < 1.29 is 24.5 Å². The number of esters is 1. The molecule has 2 aromatic carbocycles. The van der Waals surface area contributed by atoms with Gasteiger partial charge in [-0.1, -0.05) is 60.7 Å². The fourth-order valence-electron chi connectivity index (χ4n) is 2.18. The van der Waals surface area contributed by atoms with E-state index in [4.69, 9.17) is 9.84 Å². The summed E-state index contributed by atoms with van der Waals surface area (Å²) in [6.45, 7) is 1.27. The van der Waals surface area contributed by atoms with Crippen LogP contribution in [0.5, 0.6) is 0 Å². The fourth-order valence-corrected chi connectivity index (χ4v) is 2.18. The van der Waals surface area contributed by atoms with Gasteiger partial charge in [0.1, 0.15) is 6.10 Å². The van der Waals surface area contributed by atoms with Crippen LogP contribution in [0.2, 0.25) is 0 Å². The number of carboxylic acids is 1. The summed E-state index contributed by atoms with van der Waals surface area (Å²) in [6.07, 6.45) is -1.37. The van der Waals surface area contributed by atoms with E-state index in [2.05, 4.69) is 5.92 Å². The van der Waals surface area contributed by atoms with Crippen LogP contribution in [0.15, 0.2) is 60.7 Å². The first-order valence-electron chi connectivity index (χ1n) is 7.24. The van der Waals surface area contributed by atoms with Gasteiger partial charge in [-0.15, -0.1) is 0 Å².